The van der Waals surface area contributed by atoms with E-state index >= 15 is 0 Å². The average molecular weight is 366 g/mol. The Labute approximate surface area is 147 Å². The fraction of sp³-hybridized carbons (Fsp3) is 0.529. The third-order valence-electron chi connectivity index (χ3n) is 4.25. The largest absolute Gasteiger partial charge is 0.460 e. The molecule has 0 amide bonds. The zero-order chi connectivity index (χ0) is 17.9. The molecule has 0 radical (unpaired) electrons. The van der Waals surface area contributed by atoms with Crippen LogP contribution in [-0.4, -0.2) is 46.6 Å². The highest BCUT2D eigenvalue weighted by molar-refractivity contribution is 7.90. The van der Waals surface area contributed by atoms with E-state index in [2.05, 4.69) is 4.40 Å². The summed E-state index contributed by atoms with van der Waals surface area (Å²) >= 11 is 0. The third kappa shape index (κ3) is 3.85. The molecule has 1 fully saturated rings. The number of hydrogen-bond acceptors (Lipinski definition) is 6. The van der Waals surface area contributed by atoms with Crippen LogP contribution < -0.4 is 4.90 Å². The molecule has 2 heterocycles. The van der Waals surface area contributed by atoms with Gasteiger partial charge < -0.3 is 14.4 Å². The third-order valence-corrected chi connectivity index (χ3v) is 5.58. The minimum atomic E-state index is -3.80. The van der Waals surface area contributed by atoms with Gasteiger partial charge in [0.05, 0.1) is 17.9 Å². The lowest BCUT2D eigenvalue weighted by atomic mass is 10.2. The fourth-order valence-electron chi connectivity index (χ4n) is 3.03. The van der Waals surface area contributed by atoms with E-state index in [1.54, 1.807) is 12.1 Å². The summed E-state index contributed by atoms with van der Waals surface area (Å²) in [6, 6.07) is 4.63. The van der Waals surface area contributed by atoms with Gasteiger partial charge in [0.15, 0.2) is 0 Å². The Morgan fingerprint density at radius 1 is 1.24 bits per heavy atom. The van der Waals surface area contributed by atoms with E-state index < -0.39 is 16.0 Å². The van der Waals surface area contributed by atoms with E-state index in [1.165, 1.54) is 6.07 Å². The maximum absolute atomic E-state index is 12.5. The van der Waals surface area contributed by atoms with Crippen molar-refractivity contribution in [3.05, 3.63) is 23.8 Å². The van der Waals surface area contributed by atoms with Gasteiger partial charge in [0.25, 0.3) is 10.0 Å². The highest BCUT2D eigenvalue weighted by Gasteiger charge is 2.32. The average Bonchev–Trinajstić information content (AvgIpc) is 2.83. The van der Waals surface area contributed by atoms with Crippen molar-refractivity contribution in [1.82, 2.24) is 0 Å². The van der Waals surface area contributed by atoms with Crippen LogP contribution in [0.1, 0.15) is 43.0 Å². The molecule has 0 N–H and O–H groups in total. The molecule has 0 aliphatic carbocycles. The van der Waals surface area contributed by atoms with E-state index in [4.69, 9.17) is 9.47 Å². The molecule has 1 saturated heterocycles. The second kappa shape index (κ2) is 7.53. The van der Waals surface area contributed by atoms with Crippen LogP contribution in [0.15, 0.2) is 27.5 Å². The molecule has 0 atom stereocenters. The monoisotopic (exact) mass is 366 g/mol. The quantitative estimate of drug-likeness (QED) is 0.587. The Kier molecular flexibility index (Phi) is 5.39. The summed E-state index contributed by atoms with van der Waals surface area (Å²) in [4.78, 5) is 14.1. The number of amidine groups is 1. The molecule has 0 bridgehead atoms. The van der Waals surface area contributed by atoms with Crippen LogP contribution in [-0.2, 0) is 19.5 Å². The minimum absolute atomic E-state index is 0.0670. The Bertz CT molecular complexity index is 788. The van der Waals surface area contributed by atoms with Gasteiger partial charge in [0.2, 0.25) is 0 Å². The zero-order valence-electron chi connectivity index (χ0n) is 14.2. The number of carbonyl (C=O) groups excluding carboxylic acids is 1. The number of carbonyl (C=O) groups is 1. The highest BCUT2D eigenvalue weighted by atomic mass is 32.2. The molecule has 1 aromatic rings. The van der Waals surface area contributed by atoms with Crippen LogP contribution in [0.4, 0.5) is 5.69 Å². The Morgan fingerprint density at radius 2 is 2.08 bits per heavy atom. The molecule has 0 unspecified atom stereocenters. The smallest absolute Gasteiger partial charge is 0.338 e. The lowest BCUT2D eigenvalue weighted by Gasteiger charge is -2.29. The summed E-state index contributed by atoms with van der Waals surface area (Å²) < 4.78 is 39.2. The molecule has 2 aliphatic rings. The summed E-state index contributed by atoms with van der Waals surface area (Å²) in [5, 5.41) is 0. The first kappa shape index (κ1) is 17.9. The molecule has 25 heavy (non-hydrogen) atoms. The molecular weight excluding hydrogens is 344 g/mol. The maximum atomic E-state index is 12.5. The molecule has 7 nitrogen and oxygen atoms in total. The summed E-state index contributed by atoms with van der Waals surface area (Å²) in [5.74, 6) is 0.0281. The van der Waals surface area contributed by atoms with Crippen LogP contribution in [0, 0.1) is 0 Å². The Hall–Kier alpha value is -1.93. The Morgan fingerprint density at radius 3 is 2.88 bits per heavy atom. The predicted octanol–water partition coefficient (Wildman–Crippen LogP) is 2.36. The lowest BCUT2D eigenvalue weighted by molar-refractivity contribution is 0.0335. The second-order valence-corrected chi connectivity index (χ2v) is 7.53. The maximum Gasteiger partial charge on any atom is 0.338 e. The van der Waals surface area contributed by atoms with Crippen LogP contribution >= 0.6 is 0 Å². The standard InChI is InChI=1S/C17H22N2O5S/c1-2-23-10-11-24-17(20)13-7-8-14-15(12-13)25(21,22)18-16-6-4-3-5-9-19(14)16/h7-8,12H,2-6,9-11H2,1H3. The molecule has 2 aliphatic heterocycles. The number of esters is 1. The van der Waals surface area contributed by atoms with Gasteiger partial charge in [-0.25, -0.2) is 4.79 Å². The van der Waals surface area contributed by atoms with Gasteiger partial charge in [-0.05, 0) is 38.0 Å². The number of hydrogen-bond donors (Lipinski definition) is 0. The van der Waals surface area contributed by atoms with Gasteiger partial charge in [0, 0.05) is 19.6 Å². The van der Waals surface area contributed by atoms with Crippen LogP contribution in [0.25, 0.3) is 0 Å². The van der Waals surface area contributed by atoms with Crippen molar-refractivity contribution in [1.29, 1.82) is 0 Å². The fourth-order valence-corrected chi connectivity index (χ4v) is 4.31. The zero-order valence-corrected chi connectivity index (χ0v) is 15.0. The topological polar surface area (TPSA) is 85.3 Å². The van der Waals surface area contributed by atoms with Crippen molar-refractivity contribution in [3.8, 4) is 0 Å². The van der Waals surface area contributed by atoms with E-state index in [9.17, 15) is 13.2 Å². The van der Waals surface area contributed by atoms with Gasteiger partial charge in [-0.15, -0.1) is 4.40 Å². The van der Waals surface area contributed by atoms with E-state index in [0.29, 0.717) is 31.2 Å². The van der Waals surface area contributed by atoms with Crippen molar-refractivity contribution in [3.63, 3.8) is 0 Å². The van der Waals surface area contributed by atoms with Crippen LogP contribution in [0.5, 0.6) is 0 Å². The Balaban J connectivity index is 1.87. The second-order valence-electron chi connectivity index (χ2n) is 5.96. The highest BCUT2D eigenvalue weighted by Crippen LogP contribution is 2.35. The molecule has 3 rings (SSSR count). The van der Waals surface area contributed by atoms with Gasteiger partial charge >= 0.3 is 5.97 Å². The number of benzene rings is 1. The number of fused-ring (bicyclic) bond motifs is 3. The van der Waals surface area contributed by atoms with Crippen molar-refractivity contribution < 1.29 is 22.7 Å². The molecule has 0 saturated carbocycles. The van der Waals surface area contributed by atoms with Crippen molar-refractivity contribution in [2.24, 2.45) is 4.40 Å². The van der Waals surface area contributed by atoms with Crippen molar-refractivity contribution in [2.45, 2.75) is 37.5 Å². The van der Waals surface area contributed by atoms with Crippen LogP contribution in [0.3, 0.4) is 0 Å². The van der Waals surface area contributed by atoms with E-state index in [-0.39, 0.29) is 17.1 Å². The molecular formula is C17H22N2O5S. The summed E-state index contributed by atoms with van der Waals surface area (Å²) in [5.41, 5.74) is 0.796. The van der Waals surface area contributed by atoms with Crippen LogP contribution in [0.2, 0.25) is 0 Å². The summed E-state index contributed by atoms with van der Waals surface area (Å²) in [7, 11) is -3.80. The number of rotatable bonds is 5. The van der Waals surface area contributed by atoms with E-state index in [1.807, 2.05) is 11.8 Å². The summed E-state index contributed by atoms with van der Waals surface area (Å²) in [6.45, 7) is 3.58. The minimum Gasteiger partial charge on any atom is -0.460 e. The normalized spacial score (nSPS) is 18.6. The molecule has 0 aromatic heterocycles. The van der Waals surface area contributed by atoms with Crippen molar-refractivity contribution >= 4 is 27.5 Å². The van der Waals surface area contributed by atoms with Gasteiger partial charge in [0.1, 0.15) is 17.3 Å². The number of nitrogens with zero attached hydrogens (tertiary/aromatic N) is 2. The van der Waals surface area contributed by atoms with Gasteiger partial charge in [-0.2, -0.15) is 8.42 Å². The van der Waals surface area contributed by atoms with Crippen molar-refractivity contribution in [2.75, 3.05) is 31.3 Å². The summed E-state index contributed by atoms with van der Waals surface area (Å²) in [6.07, 6.45) is 3.62. The number of sulfonamides is 1. The first-order valence-electron chi connectivity index (χ1n) is 8.53. The SMILES string of the molecule is CCOCCOC(=O)c1ccc2c(c1)S(=O)(=O)N=C1CCCCCN12. The number of anilines is 1. The van der Waals surface area contributed by atoms with Gasteiger partial charge in [-0.1, -0.05) is 6.42 Å². The first-order valence-corrected chi connectivity index (χ1v) is 9.97. The first-order chi connectivity index (χ1) is 12.0. The number of ether oxygens (including phenoxy) is 2. The molecule has 8 heteroatoms. The predicted molar refractivity (Wildman–Crippen MR) is 93.7 cm³/mol. The molecule has 0 spiro atoms. The van der Waals surface area contributed by atoms with E-state index in [0.717, 1.165) is 25.8 Å². The lowest BCUT2D eigenvalue weighted by Crippen LogP contribution is -2.35. The molecule has 1 aromatic carbocycles. The van der Waals surface area contributed by atoms with Gasteiger partial charge in [-0.3, -0.25) is 0 Å². The molecule has 136 valence electrons.